The van der Waals surface area contributed by atoms with Crippen LogP contribution in [0.5, 0.6) is 0 Å². The van der Waals surface area contributed by atoms with Crippen molar-refractivity contribution in [1.82, 2.24) is 15.0 Å². The van der Waals surface area contributed by atoms with Gasteiger partial charge in [-0.2, -0.15) is 15.0 Å². The average molecular weight is 278 g/mol. The van der Waals surface area contributed by atoms with E-state index in [4.69, 9.17) is 10.5 Å². The summed E-state index contributed by atoms with van der Waals surface area (Å²) >= 11 is 0. The Balaban J connectivity index is 1.63. The van der Waals surface area contributed by atoms with Gasteiger partial charge in [0.25, 0.3) is 0 Å². The SMILES string of the molecule is Nc1nc(NCC2CCCOC2)nc(N2CCCC2)n1. The second-order valence-electron chi connectivity index (χ2n) is 5.48. The van der Waals surface area contributed by atoms with Crippen molar-refractivity contribution in [3.05, 3.63) is 0 Å². The van der Waals surface area contributed by atoms with E-state index in [0.29, 0.717) is 17.8 Å². The van der Waals surface area contributed by atoms with Crippen molar-refractivity contribution in [3.8, 4) is 0 Å². The number of rotatable bonds is 4. The van der Waals surface area contributed by atoms with Crippen molar-refractivity contribution in [3.63, 3.8) is 0 Å². The molecule has 1 unspecified atom stereocenters. The Labute approximate surface area is 118 Å². The summed E-state index contributed by atoms with van der Waals surface area (Å²) in [6.07, 6.45) is 4.69. The third kappa shape index (κ3) is 3.27. The van der Waals surface area contributed by atoms with Crippen LogP contribution >= 0.6 is 0 Å². The molecule has 0 aliphatic carbocycles. The molecule has 2 aliphatic rings. The first kappa shape index (κ1) is 13.4. The normalized spacial score (nSPS) is 23.0. The highest BCUT2D eigenvalue weighted by atomic mass is 16.5. The van der Waals surface area contributed by atoms with E-state index in [1.165, 1.54) is 19.3 Å². The van der Waals surface area contributed by atoms with Crippen LogP contribution in [-0.4, -0.2) is 47.8 Å². The molecule has 110 valence electrons. The van der Waals surface area contributed by atoms with Gasteiger partial charge >= 0.3 is 0 Å². The van der Waals surface area contributed by atoms with Gasteiger partial charge in [0.1, 0.15) is 0 Å². The molecule has 3 N–H and O–H groups in total. The highest BCUT2D eigenvalue weighted by molar-refractivity contribution is 5.42. The predicted octanol–water partition coefficient (Wildman–Crippen LogP) is 0.892. The first-order valence-corrected chi connectivity index (χ1v) is 7.39. The maximum Gasteiger partial charge on any atom is 0.231 e. The van der Waals surface area contributed by atoms with Gasteiger partial charge in [-0.15, -0.1) is 0 Å². The molecule has 0 radical (unpaired) electrons. The zero-order valence-electron chi connectivity index (χ0n) is 11.7. The van der Waals surface area contributed by atoms with Crippen molar-refractivity contribution in [2.75, 3.05) is 48.8 Å². The summed E-state index contributed by atoms with van der Waals surface area (Å²) in [6.45, 7) is 4.52. The molecule has 0 bridgehead atoms. The largest absolute Gasteiger partial charge is 0.381 e. The minimum atomic E-state index is 0.282. The van der Waals surface area contributed by atoms with Crippen LogP contribution in [0.4, 0.5) is 17.8 Å². The number of ether oxygens (including phenoxy) is 1. The summed E-state index contributed by atoms with van der Waals surface area (Å²) in [6, 6.07) is 0. The van der Waals surface area contributed by atoms with Crippen molar-refractivity contribution in [2.24, 2.45) is 5.92 Å². The summed E-state index contributed by atoms with van der Waals surface area (Å²) in [5, 5.41) is 3.27. The van der Waals surface area contributed by atoms with Crippen LogP contribution in [0, 0.1) is 5.92 Å². The predicted molar refractivity (Wildman–Crippen MR) is 77.7 cm³/mol. The molecule has 1 atom stereocenters. The van der Waals surface area contributed by atoms with Crippen molar-refractivity contribution in [1.29, 1.82) is 0 Å². The van der Waals surface area contributed by atoms with Gasteiger partial charge in [0.15, 0.2) is 0 Å². The molecule has 1 aromatic heterocycles. The zero-order valence-corrected chi connectivity index (χ0v) is 11.7. The fourth-order valence-corrected chi connectivity index (χ4v) is 2.72. The molecular formula is C13H22N6O. The topological polar surface area (TPSA) is 89.2 Å². The number of aromatic nitrogens is 3. The van der Waals surface area contributed by atoms with Gasteiger partial charge in [-0.05, 0) is 31.6 Å². The van der Waals surface area contributed by atoms with Gasteiger partial charge in [0.05, 0.1) is 6.61 Å². The van der Waals surface area contributed by atoms with E-state index in [1.54, 1.807) is 0 Å². The summed E-state index contributed by atoms with van der Waals surface area (Å²) in [5.41, 5.74) is 5.78. The van der Waals surface area contributed by atoms with Crippen LogP contribution in [0.2, 0.25) is 0 Å². The van der Waals surface area contributed by atoms with Gasteiger partial charge in [0.2, 0.25) is 17.8 Å². The molecular weight excluding hydrogens is 256 g/mol. The van der Waals surface area contributed by atoms with Crippen LogP contribution in [0.25, 0.3) is 0 Å². The van der Waals surface area contributed by atoms with Gasteiger partial charge in [-0.1, -0.05) is 0 Å². The van der Waals surface area contributed by atoms with E-state index in [2.05, 4.69) is 25.2 Å². The summed E-state index contributed by atoms with van der Waals surface area (Å²) in [4.78, 5) is 15.0. The second kappa shape index (κ2) is 6.21. The second-order valence-corrected chi connectivity index (χ2v) is 5.48. The van der Waals surface area contributed by atoms with Crippen LogP contribution in [-0.2, 0) is 4.74 Å². The van der Waals surface area contributed by atoms with Crippen LogP contribution in [0.1, 0.15) is 25.7 Å². The Morgan fingerprint density at radius 2 is 2.05 bits per heavy atom. The molecule has 2 saturated heterocycles. The monoisotopic (exact) mass is 278 g/mol. The molecule has 0 aromatic carbocycles. The van der Waals surface area contributed by atoms with E-state index in [9.17, 15) is 0 Å². The number of nitrogens with zero attached hydrogens (tertiary/aromatic N) is 4. The third-order valence-electron chi connectivity index (χ3n) is 3.83. The Bertz CT molecular complexity index is 442. The average Bonchev–Trinajstić information content (AvgIpc) is 3.00. The maximum atomic E-state index is 5.78. The Morgan fingerprint density at radius 3 is 2.80 bits per heavy atom. The van der Waals surface area contributed by atoms with Gasteiger partial charge < -0.3 is 20.7 Å². The lowest BCUT2D eigenvalue weighted by Crippen LogP contribution is -2.26. The minimum Gasteiger partial charge on any atom is -0.381 e. The molecule has 3 rings (SSSR count). The van der Waals surface area contributed by atoms with Crippen LogP contribution in [0.3, 0.4) is 0 Å². The fourth-order valence-electron chi connectivity index (χ4n) is 2.72. The number of nitrogens with one attached hydrogen (secondary N) is 1. The molecule has 1 aromatic rings. The fraction of sp³-hybridized carbons (Fsp3) is 0.769. The third-order valence-corrected chi connectivity index (χ3v) is 3.83. The first-order chi connectivity index (χ1) is 9.81. The number of hydrogen-bond donors (Lipinski definition) is 2. The molecule has 2 fully saturated rings. The van der Waals surface area contributed by atoms with Gasteiger partial charge in [-0.3, -0.25) is 0 Å². The van der Waals surface area contributed by atoms with Crippen LogP contribution in [0.15, 0.2) is 0 Å². The lowest BCUT2D eigenvalue weighted by atomic mass is 10.0. The summed E-state index contributed by atoms with van der Waals surface area (Å²) < 4.78 is 5.47. The van der Waals surface area contributed by atoms with E-state index in [1.807, 2.05) is 0 Å². The minimum absolute atomic E-state index is 0.282. The van der Waals surface area contributed by atoms with Gasteiger partial charge in [-0.25, -0.2) is 0 Å². The lowest BCUT2D eigenvalue weighted by Gasteiger charge is -2.22. The highest BCUT2D eigenvalue weighted by Crippen LogP contribution is 2.18. The Hall–Kier alpha value is -1.63. The van der Waals surface area contributed by atoms with E-state index in [0.717, 1.165) is 39.3 Å². The number of hydrogen-bond acceptors (Lipinski definition) is 7. The molecule has 20 heavy (non-hydrogen) atoms. The molecule has 0 amide bonds. The van der Waals surface area contributed by atoms with Crippen molar-refractivity contribution >= 4 is 17.8 Å². The first-order valence-electron chi connectivity index (χ1n) is 7.39. The number of nitrogens with two attached hydrogens (primary N) is 1. The van der Waals surface area contributed by atoms with E-state index in [-0.39, 0.29) is 5.95 Å². The summed E-state index contributed by atoms with van der Waals surface area (Å²) in [7, 11) is 0. The molecule has 2 aliphatic heterocycles. The number of anilines is 3. The Morgan fingerprint density at radius 1 is 1.20 bits per heavy atom. The Kier molecular flexibility index (Phi) is 4.15. The quantitative estimate of drug-likeness (QED) is 0.845. The molecule has 7 nitrogen and oxygen atoms in total. The standard InChI is InChI=1S/C13H22N6O/c14-11-16-12(15-8-10-4-3-7-20-9-10)18-13(17-11)19-5-1-2-6-19/h10H,1-9H2,(H3,14,15,16,17,18). The van der Waals surface area contributed by atoms with Crippen molar-refractivity contribution in [2.45, 2.75) is 25.7 Å². The smallest absolute Gasteiger partial charge is 0.231 e. The zero-order chi connectivity index (χ0) is 13.8. The summed E-state index contributed by atoms with van der Waals surface area (Å²) in [5.74, 6) is 2.07. The highest BCUT2D eigenvalue weighted by Gasteiger charge is 2.18. The van der Waals surface area contributed by atoms with Crippen molar-refractivity contribution < 1.29 is 4.74 Å². The lowest BCUT2D eigenvalue weighted by molar-refractivity contribution is 0.0594. The molecule has 3 heterocycles. The molecule has 7 heteroatoms. The van der Waals surface area contributed by atoms with E-state index >= 15 is 0 Å². The van der Waals surface area contributed by atoms with E-state index < -0.39 is 0 Å². The molecule has 0 spiro atoms. The molecule has 0 saturated carbocycles. The van der Waals surface area contributed by atoms with Crippen LogP contribution < -0.4 is 16.0 Å². The maximum absolute atomic E-state index is 5.78. The van der Waals surface area contributed by atoms with Gasteiger partial charge in [0, 0.05) is 26.2 Å². The number of nitrogen functional groups attached to an aromatic ring is 1.